The molecular formula is C31H22F3NO8. The zero-order valence-electron chi connectivity index (χ0n) is 22.3. The fraction of sp³-hybridized carbons (Fsp3) is 0.258. The Bertz CT molecular complexity index is 1750. The van der Waals surface area contributed by atoms with Crippen LogP contribution in [0.25, 0.3) is 0 Å². The van der Waals surface area contributed by atoms with Crippen molar-refractivity contribution in [1.82, 2.24) is 0 Å². The largest absolute Gasteiger partial charge is 0.573 e. The van der Waals surface area contributed by atoms with Crippen molar-refractivity contribution in [2.75, 3.05) is 4.90 Å². The minimum absolute atomic E-state index is 0.00630. The Kier molecular flexibility index (Phi) is 6.40. The van der Waals surface area contributed by atoms with E-state index in [1.54, 1.807) is 6.08 Å². The molecule has 4 atom stereocenters. The number of hydrogen-bond acceptors (Lipinski definition) is 7. The van der Waals surface area contributed by atoms with Gasteiger partial charge in [-0.25, -0.2) is 4.79 Å². The highest BCUT2D eigenvalue weighted by Gasteiger charge is 2.57. The van der Waals surface area contributed by atoms with Crippen molar-refractivity contribution >= 4 is 35.0 Å². The number of imide groups is 1. The average molecular weight is 594 g/mol. The van der Waals surface area contributed by atoms with Crippen LogP contribution in [0.1, 0.15) is 41.6 Å². The summed E-state index contributed by atoms with van der Waals surface area (Å²) in [7, 11) is 0. The Labute approximate surface area is 241 Å². The first-order valence-electron chi connectivity index (χ1n) is 13.3. The summed E-state index contributed by atoms with van der Waals surface area (Å²) in [5, 5.41) is 20.3. The second kappa shape index (κ2) is 9.79. The molecule has 2 N–H and O–H groups in total. The van der Waals surface area contributed by atoms with Crippen molar-refractivity contribution < 1.29 is 52.1 Å². The number of fused-ring (bicyclic) bond motifs is 3. The number of carboxylic acids is 1. The third-order valence-electron chi connectivity index (χ3n) is 8.46. The van der Waals surface area contributed by atoms with E-state index < -0.39 is 70.9 Å². The van der Waals surface area contributed by atoms with Crippen molar-refractivity contribution in [3.63, 3.8) is 0 Å². The molecule has 6 rings (SSSR count). The van der Waals surface area contributed by atoms with Gasteiger partial charge in [-0.05, 0) is 68.2 Å². The molecule has 2 amide bonds. The van der Waals surface area contributed by atoms with E-state index in [-0.39, 0.29) is 46.4 Å². The molecule has 2 aromatic rings. The molecule has 1 saturated heterocycles. The number of Topliss-reactive ketones (excluding diaryl/α,β-unsaturated/α-hetero) is 1. The number of nitrogens with zero attached hydrogens (tertiary/aromatic N) is 1. The smallest absolute Gasteiger partial charge is 0.508 e. The number of ketones is 2. The van der Waals surface area contributed by atoms with Gasteiger partial charge in [0.25, 0.3) is 0 Å². The maximum atomic E-state index is 13.9. The van der Waals surface area contributed by atoms with Crippen LogP contribution in [0.15, 0.2) is 76.9 Å². The maximum absolute atomic E-state index is 13.9. The summed E-state index contributed by atoms with van der Waals surface area (Å²) in [5.41, 5.74) is 0.379. The summed E-state index contributed by atoms with van der Waals surface area (Å²) < 4.78 is 43.3. The molecule has 9 nitrogen and oxygen atoms in total. The van der Waals surface area contributed by atoms with Gasteiger partial charge < -0.3 is 14.9 Å². The lowest BCUT2D eigenvalue weighted by Crippen LogP contribution is -2.39. The number of rotatable bonds is 4. The van der Waals surface area contributed by atoms with E-state index in [0.717, 1.165) is 29.2 Å². The fourth-order valence-electron chi connectivity index (χ4n) is 6.71. The number of anilines is 1. The number of carbonyl (C=O) groups excluding carboxylic acids is 4. The molecule has 1 heterocycles. The monoisotopic (exact) mass is 593 g/mol. The molecule has 0 spiro atoms. The maximum Gasteiger partial charge on any atom is 0.573 e. The summed E-state index contributed by atoms with van der Waals surface area (Å²) in [6.45, 7) is 1.43. The number of aromatic carboxylic acids is 1. The van der Waals surface area contributed by atoms with Crippen LogP contribution in [0.5, 0.6) is 11.5 Å². The van der Waals surface area contributed by atoms with E-state index in [1.807, 2.05) is 0 Å². The molecule has 4 unspecified atom stereocenters. The number of alkyl halides is 3. The normalized spacial score (nSPS) is 25.2. The Morgan fingerprint density at radius 2 is 1.77 bits per heavy atom. The van der Waals surface area contributed by atoms with Crippen LogP contribution in [-0.4, -0.2) is 45.9 Å². The fourth-order valence-corrected chi connectivity index (χ4v) is 6.71. The van der Waals surface area contributed by atoms with Crippen molar-refractivity contribution in [1.29, 1.82) is 0 Å². The number of amides is 2. The molecule has 1 aliphatic heterocycles. The predicted octanol–water partition coefficient (Wildman–Crippen LogP) is 4.62. The quantitative estimate of drug-likeness (QED) is 0.298. The highest BCUT2D eigenvalue weighted by Crippen LogP contribution is 2.56. The minimum Gasteiger partial charge on any atom is -0.508 e. The van der Waals surface area contributed by atoms with E-state index in [2.05, 4.69) is 4.74 Å². The second-order valence-corrected chi connectivity index (χ2v) is 10.9. The van der Waals surface area contributed by atoms with Crippen LogP contribution in [0.4, 0.5) is 18.9 Å². The van der Waals surface area contributed by atoms with Crippen LogP contribution < -0.4 is 9.64 Å². The molecule has 43 heavy (non-hydrogen) atoms. The number of phenols is 1. The Morgan fingerprint density at radius 3 is 2.47 bits per heavy atom. The zero-order valence-corrected chi connectivity index (χ0v) is 22.3. The van der Waals surface area contributed by atoms with E-state index in [9.17, 15) is 47.4 Å². The third-order valence-corrected chi connectivity index (χ3v) is 8.46. The SMILES string of the molecule is CC1=CC(=O)C2=C(C1=O)C(c1cc(OC(F)(F)F)ccc1O)C1=CCC3C(=O)N(c4cccc(C(=O)O)c4)C(=O)C3C1C2. The molecule has 4 aliphatic rings. The first kappa shape index (κ1) is 28.1. The van der Waals surface area contributed by atoms with Gasteiger partial charge in [0.05, 0.1) is 23.1 Å². The molecule has 2 aromatic carbocycles. The van der Waals surface area contributed by atoms with Gasteiger partial charge in [0.2, 0.25) is 11.8 Å². The lowest BCUT2D eigenvalue weighted by molar-refractivity contribution is -0.274. The van der Waals surface area contributed by atoms with Crippen LogP contribution in [0.3, 0.4) is 0 Å². The minimum atomic E-state index is -5.04. The third kappa shape index (κ3) is 4.53. The van der Waals surface area contributed by atoms with Crippen LogP contribution in [0, 0.1) is 17.8 Å². The number of hydrogen-bond donors (Lipinski definition) is 2. The van der Waals surface area contributed by atoms with Gasteiger partial charge >= 0.3 is 12.3 Å². The van der Waals surface area contributed by atoms with E-state index in [1.165, 1.54) is 31.2 Å². The Morgan fingerprint density at radius 1 is 1.02 bits per heavy atom. The van der Waals surface area contributed by atoms with E-state index in [0.29, 0.717) is 5.57 Å². The molecule has 0 radical (unpaired) electrons. The van der Waals surface area contributed by atoms with E-state index >= 15 is 0 Å². The summed E-state index contributed by atoms with van der Waals surface area (Å²) in [4.78, 5) is 66.6. The van der Waals surface area contributed by atoms with Gasteiger partial charge in [-0.3, -0.25) is 24.1 Å². The molecule has 12 heteroatoms. The number of carboxylic acid groups (broad SMARTS) is 1. The van der Waals surface area contributed by atoms with Gasteiger partial charge in [0.15, 0.2) is 11.6 Å². The molecule has 0 saturated carbocycles. The summed E-state index contributed by atoms with van der Waals surface area (Å²) in [6.07, 6.45) is -2.30. The van der Waals surface area contributed by atoms with Crippen LogP contribution in [0.2, 0.25) is 0 Å². The highest BCUT2D eigenvalue weighted by atomic mass is 19.4. The Hall–Kier alpha value is -5.00. The Balaban J connectivity index is 1.48. The van der Waals surface area contributed by atoms with Crippen molar-refractivity contribution in [3.05, 3.63) is 88.0 Å². The first-order chi connectivity index (χ1) is 20.3. The second-order valence-electron chi connectivity index (χ2n) is 10.9. The topological polar surface area (TPSA) is 138 Å². The zero-order chi connectivity index (χ0) is 31.0. The van der Waals surface area contributed by atoms with Gasteiger partial charge in [-0.15, -0.1) is 13.2 Å². The number of allylic oxidation sites excluding steroid dienone is 6. The molecule has 0 aromatic heterocycles. The number of phenolic OH excluding ortho intramolecular Hbond substituents is 1. The van der Waals surface area contributed by atoms with Crippen LogP contribution in [-0.2, 0) is 19.2 Å². The van der Waals surface area contributed by atoms with Gasteiger partial charge in [-0.2, -0.15) is 0 Å². The number of ether oxygens (including phenoxy) is 1. The first-order valence-corrected chi connectivity index (χ1v) is 13.3. The number of halogens is 3. The molecule has 0 bridgehead atoms. The van der Waals surface area contributed by atoms with E-state index in [4.69, 9.17) is 0 Å². The average Bonchev–Trinajstić information content (AvgIpc) is 3.20. The molecule has 220 valence electrons. The number of aromatic hydroxyl groups is 1. The standard InChI is InChI=1S/C31H22F3NO8/c1-13-9-23(37)21-12-19-17(24(26(21)27(13)38)20-11-16(5-8-22(20)36)43-31(32,33)34)6-7-18-25(19)29(40)35(28(18)39)15-4-2-3-14(10-15)30(41)42/h2-6,8-11,18-19,24-25,36H,7,12H2,1H3,(H,41,42). The lowest BCUT2D eigenvalue weighted by Gasteiger charge is -2.42. The van der Waals surface area contributed by atoms with Gasteiger partial charge in [0, 0.05) is 28.2 Å². The predicted molar refractivity (Wildman–Crippen MR) is 142 cm³/mol. The molecule has 3 aliphatic carbocycles. The molecular weight excluding hydrogens is 571 g/mol. The van der Waals surface area contributed by atoms with Crippen molar-refractivity contribution in [2.45, 2.75) is 32.0 Å². The lowest BCUT2D eigenvalue weighted by atomic mass is 9.59. The van der Waals surface area contributed by atoms with Gasteiger partial charge in [0.1, 0.15) is 11.5 Å². The van der Waals surface area contributed by atoms with Crippen LogP contribution >= 0.6 is 0 Å². The summed E-state index contributed by atoms with van der Waals surface area (Å²) in [5.74, 6) is -8.47. The number of carbonyl (C=O) groups is 5. The van der Waals surface area contributed by atoms with Crippen molar-refractivity contribution in [3.8, 4) is 11.5 Å². The number of benzene rings is 2. The molecule has 1 fully saturated rings. The summed E-state index contributed by atoms with van der Waals surface area (Å²) in [6, 6.07) is 8.20. The summed E-state index contributed by atoms with van der Waals surface area (Å²) >= 11 is 0. The van der Waals surface area contributed by atoms with Crippen molar-refractivity contribution in [2.24, 2.45) is 17.8 Å². The van der Waals surface area contributed by atoms with Gasteiger partial charge in [-0.1, -0.05) is 17.7 Å². The highest BCUT2D eigenvalue weighted by molar-refractivity contribution is 6.25.